The molecule has 0 bridgehead atoms. The molecule has 0 radical (unpaired) electrons. The van der Waals surface area contributed by atoms with Crippen molar-refractivity contribution in [2.24, 2.45) is 5.92 Å². The molecule has 0 saturated carbocycles. The third-order valence-electron chi connectivity index (χ3n) is 5.60. The van der Waals surface area contributed by atoms with Gasteiger partial charge in [-0.05, 0) is 42.7 Å². The summed E-state index contributed by atoms with van der Waals surface area (Å²) in [5.41, 5.74) is 1.56. The van der Waals surface area contributed by atoms with Crippen molar-refractivity contribution < 1.29 is 19.0 Å². The van der Waals surface area contributed by atoms with Gasteiger partial charge in [0.05, 0.1) is 38.0 Å². The molecule has 0 saturated heterocycles. The molecule has 4 rings (SSSR count). The number of aromatic nitrogens is 2. The number of benzene rings is 1. The number of fused-ring (bicyclic) bond motifs is 3. The molecule has 0 aliphatic carbocycles. The maximum atomic E-state index is 13.9. The zero-order valence-electron chi connectivity index (χ0n) is 18.7. The fourth-order valence-electron chi connectivity index (χ4n) is 3.75. The predicted molar refractivity (Wildman–Crippen MR) is 126 cm³/mol. The molecule has 0 unspecified atom stereocenters. The summed E-state index contributed by atoms with van der Waals surface area (Å²) in [5.74, 6) is 0.674. The van der Waals surface area contributed by atoms with E-state index in [2.05, 4.69) is 13.8 Å². The van der Waals surface area contributed by atoms with E-state index in [0.29, 0.717) is 45.8 Å². The van der Waals surface area contributed by atoms with Crippen molar-refractivity contribution in [3.63, 3.8) is 0 Å². The van der Waals surface area contributed by atoms with Crippen molar-refractivity contribution >= 4 is 39.3 Å². The highest BCUT2D eigenvalue weighted by Crippen LogP contribution is 2.37. The van der Waals surface area contributed by atoms with Gasteiger partial charge in [-0.25, -0.2) is 4.98 Å². The van der Waals surface area contributed by atoms with E-state index in [1.165, 1.54) is 30.2 Å². The van der Waals surface area contributed by atoms with E-state index in [9.17, 15) is 9.59 Å². The molecule has 9 heteroatoms. The number of hydrogen-bond donors (Lipinski definition) is 0. The molecule has 3 aromatic rings. The molecule has 3 heterocycles. The lowest BCUT2D eigenvalue weighted by Crippen LogP contribution is -2.28. The van der Waals surface area contributed by atoms with Crippen LogP contribution in [0.3, 0.4) is 0 Å². The van der Waals surface area contributed by atoms with Crippen molar-refractivity contribution in [1.29, 1.82) is 0 Å². The van der Waals surface area contributed by atoms with Crippen LogP contribution in [0.15, 0.2) is 34.2 Å². The first-order chi connectivity index (χ1) is 15.3. The SMILES string of the molecule is COC(=O)[C@H](C)Sc1nc2sc3c(c2c(=O)n1-c1ccc(OC)cc1)C[C@@H](C(C)C)OC3. The minimum absolute atomic E-state index is 0.0718. The highest BCUT2D eigenvalue weighted by atomic mass is 32.2. The molecule has 1 aromatic carbocycles. The zero-order valence-corrected chi connectivity index (χ0v) is 20.3. The van der Waals surface area contributed by atoms with Crippen LogP contribution in [-0.4, -0.2) is 41.1 Å². The topological polar surface area (TPSA) is 79.7 Å². The van der Waals surface area contributed by atoms with E-state index in [1.807, 2.05) is 12.1 Å². The van der Waals surface area contributed by atoms with Crippen LogP contribution in [0.2, 0.25) is 0 Å². The summed E-state index contributed by atoms with van der Waals surface area (Å²) in [6.07, 6.45) is 0.764. The van der Waals surface area contributed by atoms with E-state index in [0.717, 1.165) is 10.4 Å². The van der Waals surface area contributed by atoms with Gasteiger partial charge in [0.2, 0.25) is 0 Å². The van der Waals surface area contributed by atoms with Gasteiger partial charge in [-0.1, -0.05) is 25.6 Å². The lowest BCUT2D eigenvalue weighted by atomic mass is 9.96. The van der Waals surface area contributed by atoms with Crippen molar-refractivity contribution in [3.8, 4) is 11.4 Å². The molecule has 0 spiro atoms. The number of hydrogen-bond acceptors (Lipinski definition) is 8. The molecular weight excluding hydrogens is 448 g/mol. The van der Waals surface area contributed by atoms with Gasteiger partial charge < -0.3 is 14.2 Å². The van der Waals surface area contributed by atoms with Crippen LogP contribution in [-0.2, 0) is 27.3 Å². The smallest absolute Gasteiger partial charge is 0.318 e. The maximum absolute atomic E-state index is 13.9. The molecule has 2 atom stereocenters. The first-order valence-corrected chi connectivity index (χ1v) is 12.1. The number of thioether (sulfide) groups is 1. The fourth-order valence-corrected chi connectivity index (χ4v) is 5.86. The summed E-state index contributed by atoms with van der Waals surface area (Å²) in [5, 5.41) is 0.576. The first-order valence-electron chi connectivity index (χ1n) is 10.4. The van der Waals surface area contributed by atoms with Gasteiger partial charge in [0.15, 0.2) is 5.16 Å². The van der Waals surface area contributed by atoms with E-state index in [4.69, 9.17) is 19.2 Å². The Kier molecular flexibility index (Phi) is 6.60. The van der Waals surface area contributed by atoms with Crippen molar-refractivity contribution in [2.75, 3.05) is 14.2 Å². The lowest BCUT2D eigenvalue weighted by Gasteiger charge is -2.26. The average molecular weight is 475 g/mol. The molecule has 0 amide bonds. The number of carbonyl (C=O) groups is 1. The highest BCUT2D eigenvalue weighted by molar-refractivity contribution is 8.00. The molecule has 1 aliphatic rings. The Bertz CT molecular complexity index is 1200. The Hall–Kier alpha value is -2.36. The van der Waals surface area contributed by atoms with Gasteiger partial charge in [-0.15, -0.1) is 11.3 Å². The Morgan fingerprint density at radius 3 is 2.59 bits per heavy atom. The number of methoxy groups -OCH3 is 2. The van der Waals surface area contributed by atoms with Crippen LogP contribution in [0.25, 0.3) is 15.9 Å². The standard InChI is InChI=1S/C23H26N2O5S2/c1-12(2)17-10-16-18(11-30-17)32-20-19(16)21(26)25(14-6-8-15(28-4)9-7-14)23(24-20)31-13(3)22(27)29-5/h6-9,12-13,17H,10-11H2,1-5H3/t13-,17-/m0/s1. The minimum atomic E-state index is -0.517. The normalized spacial score (nSPS) is 16.8. The van der Waals surface area contributed by atoms with Gasteiger partial charge in [0, 0.05) is 11.3 Å². The Morgan fingerprint density at radius 2 is 1.97 bits per heavy atom. The molecule has 170 valence electrons. The monoisotopic (exact) mass is 474 g/mol. The Labute approximate surface area is 194 Å². The molecule has 7 nitrogen and oxygen atoms in total. The van der Waals surface area contributed by atoms with E-state index in [-0.39, 0.29) is 17.6 Å². The van der Waals surface area contributed by atoms with E-state index < -0.39 is 5.25 Å². The van der Waals surface area contributed by atoms with Crippen LogP contribution in [0.5, 0.6) is 5.75 Å². The Morgan fingerprint density at radius 1 is 1.25 bits per heavy atom. The molecule has 1 aliphatic heterocycles. The molecule has 2 aromatic heterocycles. The number of rotatable bonds is 6. The van der Waals surface area contributed by atoms with Gasteiger partial charge in [0.25, 0.3) is 5.56 Å². The number of nitrogens with zero attached hydrogens (tertiary/aromatic N) is 2. The lowest BCUT2D eigenvalue weighted by molar-refractivity contribution is -0.139. The number of thiophene rings is 1. The maximum Gasteiger partial charge on any atom is 0.318 e. The summed E-state index contributed by atoms with van der Waals surface area (Å²) < 4.78 is 17.7. The average Bonchev–Trinajstić information content (AvgIpc) is 3.16. The summed E-state index contributed by atoms with van der Waals surface area (Å²) in [4.78, 5) is 32.5. The first kappa shape index (κ1) is 22.8. The molecular formula is C23H26N2O5S2. The zero-order chi connectivity index (χ0) is 23.0. The quantitative estimate of drug-likeness (QED) is 0.301. The van der Waals surface area contributed by atoms with Crippen LogP contribution >= 0.6 is 23.1 Å². The van der Waals surface area contributed by atoms with Gasteiger partial charge in [-0.2, -0.15) is 0 Å². The van der Waals surface area contributed by atoms with E-state index >= 15 is 0 Å². The molecule has 0 fully saturated rings. The van der Waals surface area contributed by atoms with Crippen molar-refractivity contribution in [2.45, 2.75) is 50.3 Å². The van der Waals surface area contributed by atoms with Crippen molar-refractivity contribution in [1.82, 2.24) is 9.55 Å². The minimum Gasteiger partial charge on any atom is -0.497 e. The third kappa shape index (κ3) is 4.16. The van der Waals surface area contributed by atoms with Gasteiger partial charge >= 0.3 is 5.97 Å². The number of carbonyl (C=O) groups excluding carboxylic acids is 1. The van der Waals surface area contributed by atoms with Gasteiger partial charge in [0.1, 0.15) is 15.8 Å². The van der Waals surface area contributed by atoms with Crippen LogP contribution in [0.1, 0.15) is 31.2 Å². The summed E-state index contributed by atoms with van der Waals surface area (Å²) in [6.45, 7) is 6.48. The van der Waals surface area contributed by atoms with E-state index in [1.54, 1.807) is 30.7 Å². The summed E-state index contributed by atoms with van der Waals surface area (Å²) in [6, 6.07) is 7.24. The number of esters is 1. The second-order valence-electron chi connectivity index (χ2n) is 8.00. The van der Waals surface area contributed by atoms with Crippen LogP contribution in [0.4, 0.5) is 0 Å². The third-order valence-corrected chi connectivity index (χ3v) is 7.73. The largest absolute Gasteiger partial charge is 0.497 e. The Balaban J connectivity index is 1.91. The molecule has 0 N–H and O–H groups in total. The predicted octanol–water partition coefficient (Wildman–Crippen LogP) is 4.21. The number of ether oxygens (including phenoxy) is 3. The van der Waals surface area contributed by atoms with Gasteiger partial charge in [-0.3, -0.25) is 14.2 Å². The highest BCUT2D eigenvalue weighted by Gasteiger charge is 2.29. The second-order valence-corrected chi connectivity index (χ2v) is 10.4. The van der Waals surface area contributed by atoms with Crippen molar-refractivity contribution in [3.05, 3.63) is 45.1 Å². The molecule has 32 heavy (non-hydrogen) atoms. The van der Waals surface area contributed by atoms with Crippen LogP contribution < -0.4 is 10.3 Å². The summed E-state index contributed by atoms with van der Waals surface area (Å²) in [7, 11) is 2.95. The summed E-state index contributed by atoms with van der Waals surface area (Å²) >= 11 is 2.70. The fraction of sp³-hybridized carbons (Fsp3) is 0.435. The van der Waals surface area contributed by atoms with Crippen LogP contribution in [0, 0.1) is 5.92 Å². The second kappa shape index (κ2) is 9.25.